The molecular formula is C11H16O2. The minimum atomic E-state index is 0.142. The molecule has 2 unspecified atom stereocenters. The second-order valence-electron chi connectivity index (χ2n) is 4.42. The Bertz CT molecular complexity index is 244. The molecule has 0 aromatic carbocycles. The molecule has 72 valence electrons. The van der Waals surface area contributed by atoms with Crippen LogP contribution in [-0.4, -0.2) is 11.6 Å². The topological polar surface area (TPSA) is 34.1 Å². The van der Waals surface area contributed by atoms with Crippen LogP contribution in [0.25, 0.3) is 0 Å². The second-order valence-corrected chi connectivity index (χ2v) is 4.42. The number of ketones is 2. The zero-order valence-corrected chi connectivity index (χ0v) is 8.08. The molecule has 0 bridgehead atoms. The molecular weight excluding hydrogens is 164 g/mol. The Morgan fingerprint density at radius 1 is 1.08 bits per heavy atom. The maximum absolute atomic E-state index is 11.6. The van der Waals surface area contributed by atoms with Gasteiger partial charge in [0.05, 0.1) is 0 Å². The molecule has 2 fully saturated rings. The van der Waals surface area contributed by atoms with Gasteiger partial charge in [0.15, 0.2) is 0 Å². The SMILES string of the molecule is CC1C(=O)CC[C@@H]2C(=O)CCCC12. The molecule has 0 aromatic heterocycles. The van der Waals surface area contributed by atoms with Gasteiger partial charge in [-0.15, -0.1) is 0 Å². The third kappa shape index (κ3) is 1.43. The van der Waals surface area contributed by atoms with Gasteiger partial charge in [-0.3, -0.25) is 9.59 Å². The molecule has 0 spiro atoms. The van der Waals surface area contributed by atoms with Crippen LogP contribution in [0.5, 0.6) is 0 Å². The van der Waals surface area contributed by atoms with Crippen molar-refractivity contribution in [2.45, 2.75) is 39.0 Å². The average Bonchev–Trinajstić information content (AvgIpc) is 2.12. The fourth-order valence-electron chi connectivity index (χ4n) is 2.88. The molecule has 0 amide bonds. The van der Waals surface area contributed by atoms with Gasteiger partial charge in [0.2, 0.25) is 0 Å². The van der Waals surface area contributed by atoms with E-state index >= 15 is 0 Å². The van der Waals surface area contributed by atoms with E-state index in [0.29, 0.717) is 23.9 Å². The number of Topliss-reactive ketones (excluding diaryl/α,β-unsaturated/α-hetero) is 2. The summed E-state index contributed by atoms with van der Waals surface area (Å²) in [6, 6.07) is 0. The van der Waals surface area contributed by atoms with Crippen molar-refractivity contribution in [3.8, 4) is 0 Å². The van der Waals surface area contributed by atoms with Gasteiger partial charge in [0.25, 0.3) is 0 Å². The first-order valence-electron chi connectivity index (χ1n) is 5.25. The predicted octanol–water partition coefficient (Wildman–Crippen LogP) is 1.97. The van der Waals surface area contributed by atoms with Gasteiger partial charge in [-0.2, -0.15) is 0 Å². The third-order valence-electron chi connectivity index (χ3n) is 3.74. The van der Waals surface area contributed by atoms with Crippen LogP contribution in [0.3, 0.4) is 0 Å². The van der Waals surface area contributed by atoms with Crippen LogP contribution in [0.2, 0.25) is 0 Å². The molecule has 0 aromatic rings. The molecule has 0 N–H and O–H groups in total. The minimum absolute atomic E-state index is 0.142. The molecule has 2 nitrogen and oxygen atoms in total. The monoisotopic (exact) mass is 180 g/mol. The van der Waals surface area contributed by atoms with Crippen LogP contribution in [0.15, 0.2) is 0 Å². The Balaban J connectivity index is 2.17. The second kappa shape index (κ2) is 3.24. The Morgan fingerprint density at radius 3 is 2.62 bits per heavy atom. The van der Waals surface area contributed by atoms with E-state index in [1.54, 1.807) is 0 Å². The summed E-state index contributed by atoms with van der Waals surface area (Å²) in [6.07, 6.45) is 4.30. The van der Waals surface area contributed by atoms with Gasteiger partial charge in [-0.1, -0.05) is 6.92 Å². The summed E-state index contributed by atoms with van der Waals surface area (Å²) in [7, 11) is 0. The number of hydrogen-bond donors (Lipinski definition) is 0. The first kappa shape index (κ1) is 8.92. The highest BCUT2D eigenvalue weighted by Crippen LogP contribution is 2.40. The standard InChI is InChI=1S/C11H16O2/c1-7-8-3-2-4-11(13)9(8)5-6-10(7)12/h7-9H,2-6H2,1H3/t7?,8?,9-/m0/s1. The molecule has 2 heteroatoms. The molecule has 2 rings (SSSR count). The van der Waals surface area contributed by atoms with Crippen molar-refractivity contribution < 1.29 is 9.59 Å². The summed E-state index contributed by atoms with van der Waals surface area (Å²) >= 11 is 0. The minimum Gasteiger partial charge on any atom is -0.299 e. The lowest BCUT2D eigenvalue weighted by molar-refractivity contribution is -0.136. The largest absolute Gasteiger partial charge is 0.299 e. The number of carbonyl (C=O) groups excluding carboxylic acids is 2. The van der Waals surface area contributed by atoms with E-state index < -0.39 is 0 Å². The Hall–Kier alpha value is -0.660. The van der Waals surface area contributed by atoms with Crippen LogP contribution < -0.4 is 0 Å². The van der Waals surface area contributed by atoms with Crippen molar-refractivity contribution in [2.75, 3.05) is 0 Å². The van der Waals surface area contributed by atoms with Crippen LogP contribution in [0.1, 0.15) is 39.0 Å². The number of hydrogen-bond acceptors (Lipinski definition) is 2. The summed E-state index contributed by atoms with van der Waals surface area (Å²) in [5, 5.41) is 0. The van der Waals surface area contributed by atoms with Gasteiger partial charge < -0.3 is 0 Å². The molecule has 3 atom stereocenters. The average molecular weight is 180 g/mol. The maximum Gasteiger partial charge on any atom is 0.136 e. The van der Waals surface area contributed by atoms with Gasteiger partial charge in [-0.25, -0.2) is 0 Å². The van der Waals surface area contributed by atoms with Crippen molar-refractivity contribution in [2.24, 2.45) is 17.8 Å². The van der Waals surface area contributed by atoms with E-state index in [1.807, 2.05) is 6.92 Å². The molecule has 0 radical (unpaired) electrons. The lowest BCUT2D eigenvalue weighted by Gasteiger charge is -2.37. The Kier molecular flexibility index (Phi) is 2.22. The molecule has 13 heavy (non-hydrogen) atoms. The molecule has 2 aliphatic rings. The van der Waals surface area contributed by atoms with E-state index in [-0.39, 0.29) is 11.8 Å². The van der Waals surface area contributed by atoms with Crippen molar-refractivity contribution in [1.29, 1.82) is 0 Å². The normalized spacial score (nSPS) is 40.2. The zero-order valence-electron chi connectivity index (χ0n) is 8.08. The lowest BCUT2D eigenvalue weighted by Crippen LogP contribution is -2.39. The van der Waals surface area contributed by atoms with Crippen molar-refractivity contribution >= 4 is 11.6 Å². The first-order valence-corrected chi connectivity index (χ1v) is 5.25. The van der Waals surface area contributed by atoms with E-state index in [9.17, 15) is 9.59 Å². The quantitative estimate of drug-likeness (QED) is 0.571. The van der Waals surface area contributed by atoms with E-state index in [0.717, 1.165) is 25.7 Å². The summed E-state index contributed by atoms with van der Waals surface area (Å²) in [5.41, 5.74) is 0. The number of carbonyl (C=O) groups is 2. The smallest absolute Gasteiger partial charge is 0.136 e. The van der Waals surface area contributed by atoms with Crippen molar-refractivity contribution in [1.82, 2.24) is 0 Å². The maximum atomic E-state index is 11.6. The fourth-order valence-corrected chi connectivity index (χ4v) is 2.88. The van der Waals surface area contributed by atoms with Crippen molar-refractivity contribution in [3.63, 3.8) is 0 Å². The van der Waals surface area contributed by atoms with Crippen LogP contribution >= 0.6 is 0 Å². The van der Waals surface area contributed by atoms with E-state index in [1.165, 1.54) is 0 Å². The third-order valence-corrected chi connectivity index (χ3v) is 3.74. The van der Waals surface area contributed by atoms with Gasteiger partial charge in [-0.05, 0) is 25.2 Å². The van der Waals surface area contributed by atoms with Crippen LogP contribution in [0, 0.1) is 17.8 Å². The summed E-state index contributed by atoms with van der Waals surface area (Å²) in [5.74, 6) is 1.53. The number of rotatable bonds is 0. The van der Waals surface area contributed by atoms with Crippen LogP contribution in [0.4, 0.5) is 0 Å². The Morgan fingerprint density at radius 2 is 1.85 bits per heavy atom. The highest BCUT2D eigenvalue weighted by atomic mass is 16.1. The fraction of sp³-hybridized carbons (Fsp3) is 0.818. The molecule has 0 aliphatic heterocycles. The summed E-state index contributed by atoms with van der Waals surface area (Å²) in [4.78, 5) is 23.0. The lowest BCUT2D eigenvalue weighted by atomic mass is 9.65. The molecule has 0 heterocycles. The van der Waals surface area contributed by atoms with E-state index in [2.05, 4.69) is 0 Å². The number of fused-ring (bicyclic) bond motifs is 1. The highest BCUT2D eigenvalue weighted by molar-refractivity contribution is 5.88. The Labute approximate surface area is 78.7 Å². The molecule has 0 saturated heterocycles. The zero-order chi connectivity index (χ0) is 9.42. The van der Waals surface area contributed by atoms with Gasteiger partial charge in [0.1, 0.15) is 11.6 Å². The first-order chi connectivity index (χ1) is 6.20. The summed E-state index contributed by atoms with van der Waals surface area (Å²) in [6.45, 7) is 2.00. The highest BCUT2D eigenvalue weighted by Gasteiger charge is 2.40. The molecule has 2 saturated carbocycles. The van der Waals surface area contributed by atoms with Crippen LogP contribution in [-0.2, 0) is 9.59 Å². The van der Waals surface area contributed by atoms with Gasteiger partial charge >= 0.3 is 0 Å². The summed E-state index contributed by atoms with van der Waals surface area (Å²) < 4.78 is 0. The predicted molar refractivity (Wildman–Crippen MR) is 49.2 cm³/mol. The van der Waals surface area contributed by atoms with E-state index in [4.69, 9.17) is 0 Å². The van der Waals surface area contributed by atoms with Crippen molar-refractivity contribution in [3.05, 3.63) is 0 Å². The van der Waals surface area contributed by atoms with Gasteiger partial charge in [0, 0.05) is 24.7 Å². The molecule has 2 aliphatic carbocycles.